The van der Waals surface area contributed by atoms with E-state index >= 15 is 0 Å². The third kappa shape index (κ3) is 3.32. The van der Waals surface area contributed by atoms with Gasteiger partial charge in [0.1, 0.15) is 5.82 Å². The van der Waals surface area contributed by atoms with Crippen molar-refractivity contribution in [2.75, 3.05) is 17.7 Å². The summed E-state index contributed by atoms with van der Waals surface area (Å²) < 4.78 is 2.24. The van der Waals surface area contributed by atoms with Gasteiger partial charge in [0.25, 0.3) is 0 Å². The van der Waals surface area contributed by atoms with Crippen LogP contribution in [0.25, 0.3) is 0 Å². The molecule has 1 aromatic carbocycles. The monoisotopic (exact) mass is 418 g/mol. The molecule has 0 aliphatic rings. The molecule has 0 radical (unpaired) electrons. The summed E-state index contributed by atoms with van der Waals surface area (Å²) in [7, 11) is 1.81. The van der Waals surface area contributed by atoms with Crippen LogP contribution in [-0.2, 0) is 0 Å². The van der Waals surface area contributed by atoms with Crippen LogP contribution in [0.15, 0.2) is 28.7 Å². The highest BCUT2D eigenvalue weighted by atomic mass is 127. The third-order valence-electron chi connectivity index (χ3n) is 2.27. The molecule has 4 nitrogen and oxygen atoms in total. The predicted molar refractivity (Wildman–Crippen MR) is 86.5 cm³/mol. The molecule has 18 heavy (non-hydrogen) atoms. The van der Waals surface area contributed by atoms with Crippen LogP contribution < -0.4 is 10.6 Å². The highest BCUT2D eigenvalue weighted by Gasteiger charge is 2.03. The molecule has 1 aromatic heterocycles. The van der Waals surface area contributed by atoms with Gasteiger partial charge >= 0.3 is 0 Å². The van der Waals surface area contributed by atoms with E-state index in [1.54, 1.807) is 7.05 Å². The minimum Gasteiger partial charge on any atom is -0.357 e. The van der Waals surface area contributed by atoms with E-state index in [1.165, 1.54) is 0 Å². The first-order chi connectivity index (χ1) is 8.58. The van der Waals surface area contributed by atoms with Crippen LogP contribution >= 0.6 is 38.5 Å². The van der Waals surface area contributed by atoms with E-state index in [2.05, 4.69) is 65.2 Å². The van der Waals surface area contributed by atoms with Crippen LogP contribution in [0.4, 0.5) is 17.5 Å². The van der Waals surface area contributed by atoms with Crippen LogP contribution in [0.5, 0.6) is 0 Å². The smallest absolute Gasteiger partial charge is 0.224 e. The molecule has 2 rings (SSSR count). The largest absolute Gasteiger partial charge is 0.357 e. The van der Waals surface area contributed by atoms with Gasteiger partial charge in [-0.2, -0.15) is 4.98 Å². The van der Waals surface area contributed by atoms with E-state index in [9.17, 15) is 0 Å². The Kier molecular flexibility index (Phi) is 4.39. The van der Waals surface area contributed by atoms with Gasteiger partial charge in [0.15, 0.2) is 0 Å². The summed E-state index contributed by atoms with van der Waals surface area (Å²) in [5.74, 6) is 1.40. The number of anilines is 3. The SMILES string of the molecule is CNc1nc(C)cc(Nc2ccc(Br)c(I)c2)n1. The second kappa shape index (κ2) is 5.83. The fourth-order valence-corrected chi connectivity index (χ4v) is 2.23. The number of hydrogen-bond acceptors (Lipinski definition) is 4. The Morgan fingerprint density at radius 3 is 2.67 bits per heavy atom. The van der Waals surface area contributed by atoms with Crippen LogP contribution in [0.3, 0.4) is 0 Å². The summed E-state index contributed by atoms with van der Waals surface area (Å²) in [5, 5.41) is 6.21. The van der Waals surface area contributed by atoms with Crippen molar-refractivity contribution in [2.24, 2.45) is 0 Å². The summed E-state index contributed by atoms with van der Waals surface area (Å²) in [5.41, 5.74) is 1.92. The summed E-state index contributed by atoms with van der Waals surface area (Å²) in [6, 6.07) is 7.98. The minimum atomic E-state index is 0.615. The number of nitrogens with one attached hydrogen (secondary N) is 2. The van der Waals surface area contributed by atoms with Crippen molar-refractivity contribution in [1.29, 1.82) is 0 Å². The van der Waals surface area contributed by atoms with E-state index in [1.807, 2.05) is 25.1 Å². The Morgan fingerprint density at radius 1 is 1.22 bits per heavy atom. The molecule has 94 valence electrons. The molecule has 6 heteroatoms. The number of aryl methyl sites for hydroxylation is 1. The van der Waals surface area contributed by atoms with Crippen LogP contribution in [0.2, 0.25) is 0 Å². The van der Waals surface area contributed by atoms with E-state index < -0.39 is 0 Å². The molecule has 0 aliphatic carbocycles. The molecular weight excluding hydrogens is 407 g/mol. The average Bonchev–Trinajstić information content (AvgIpc) is 2.33. The second-order valence-electron chi connectivity index (χ2n) is 3.72. The lowest BCUT2D eigenvalue weighted by atomic mass is 10.3. The summed E-state index contributed by atoms with van der Waals surface area (Å²) in [6.45, 7) is 1.94. The number of halogens is 2. The first kappa shape index (κ1) is 13.5. The first-order valence-corrected chi connectivity index (χ1v) is 7.21. The van der Waals surface area contributed by atoms with Crippen molar-refractivity contribution >= 4 is 56.0 Å². The van der Waals surface area contributed by atoms with E-state index in [0.29, 0.717) is 5.95 Å². The Morgan fingerprint density at radius 2 is 2.00 bits per heavy atom. The van der Waals surface area contributed by atoms with Gasteiger partial charge < -0.3 is 10.6 Å². The Labute approximate surface area is 128 Å². The fraction of sp³-hybridized carbons (Fsp3) is 0.167. The molecule has 0 aliphatic heterocycles. The molecule has 0 saturated heterocycles. The zero-order chi connectivity index (χ0) is 13.1. The van der Waals surface area contributed by atoms with Gasteiger partial charge in [-0.15, -0.1) is 0 Å². The quantitative estimate of drug-likeness (QED) is 0.741. The van der Waals surface area contributed by atoms with Crippen molar-refractivity contribution in [3.05, 3.63) is 38.0 Å². The van der Waals surface area contributed by atoms with Crippen molar-refractivity contribution < 1.29 is 0 Å². The molecule has 0 amide bonds. The summed E-state index contributed by atoms with van der Waals surface area (Å²) in [6.07, 6.45) is 0. The highest BCUT2D eigenvalue weighted by molar-refractivity contribution is 14.1. The molecule has 0 unspecified atom stereocenters. The fourth-order valence-electron chi connectivity index (χ4n) is 1.47. The average molecular weight is 419 g/mol. The minimum absolute atomic E-state index is 0.615. The highest BCUT2D eigenvalue weighted by Crippen LogP contribution is 2.24. The summed E-state index contributed by atoms with van der Waals surface area (Å²) >= 11 is 5.76. The van der Waals surface area contributed by atoms with Gasteiger partial charge in [-0.3, -0.25) is 0 Å². The van der Waals surface area contributed by atoms with Gasteiger partial charge in [-0.25, -0.2) is 4.98 Å². The molecule has 0 atom stereocenters. The standard InChI is InChI=1S/C12H12BrIN4/c1-7-5-11(18-12(15-2)16-7)17-8-3-4-9(13)10(14)6-8/h3-6H,1-2H3,(H2,15,16,17,18). The first-order valence-electron chi connectivity index (χ1n) is 5.34. The Bertz CT molecular complexity index is 574. The molecule has 1 heterocycles. The zero-order valence-corrected chi connectivity index (χ0v) is 13.7. The maximum atomic E-state index is 4.35. The van der Waals surface area contributed by atoms with Crippen molar-refractivity contribution in [3.63, 3.8) is 0 Å². The maximum absolute atomic E-state index is 4.35. The third-order valence-corrected chi connectivity index (χ3v) is 4.60. The lowest BCUT2D eigenvalue weighted by Gasteiger charge is -2.09. The molecule has 0 bridgehead atoms. The molecule has 0 spiro atoms. The number of nitrogens with zero attached hydrogens (tertiary/aromatic N) is 2. The molecule has 0 saturated carbocycles. The predicted octanol–water partition coefficient (Wildman–Crippen LogP) is 3.94. The Balaban J connectivity index is 2.27. The second-order valence-corrected chi connectivity index (χ2v) is 5.74. The lowest BCUT2D eigenvalue weighted by Crippen LogP contribution is -2.02. The van der Waals surface area contributed by atoms with Crippen LogP contribution in [0, 0.1) is 10.5 Å². The van der Waals surface area contributed by atoms with Crippen molar-refractivity contribution in [2.45, 2.75) is 6.92 Å². The van der Waals surface area contributed by atoms with Crippen molar-refractivity contribution in [3.8, 4) is 0 Å². The van der Waals surface area contributed by atoms with Gasteiger partial charge in [0, 0.05) is 32.5 Å². The number of rotatable bonds is 3. The van der Waals surface area contributed by atoms with Crippen LogP contribution in [0.1, 0.15) is 5.69 Å². The normalized spacial score (nSPS) is 10.2. The number of hydrogen-bond donors (Lipinski definition) is 2. The molecule has 2 aromatic rings. The van der Waals surface area contributed by atoms with E-state index in [-0.39, 0.29) is 0 Å². The van der Waals surface area contributed by atoms with Gasteiger partial charge in [0.2, 0.25) is 5.95 Å². The maximum Gasteiger partial charge on any atom is 0.224 e. The molecule has 2 N–H and O–H groups in total. The number of aromatic nitrogens is 2. The Hall–Kier alpha value is -0.890. The van der Waals surface area contributed by atoms with Crippen molar-refractivity contribution in [1.82, 2.24) is 9.97 Å². The van der Waals surface area contributed by atoms with Gasteiger partial charge in [-0.05, 0) is 63.6 Å². The van der Waals surface area contributed by atoms with Gasteiger partial charge in [0.05, 0.1) is 0 Å². The van der Waals surface area contributed by atoms with E-state index in [4.69, 9.17) is 0 Å². The summed E-state index contributed by atoms with van der Waals surface area (Å²) in [4.78, 5) is 8.61. The lowest BCUT2D eigenvalue weighted by molar-refractivity contribution is 1.10. The number of benzene rings is 1. The zero-order valence-electron chi connectivity index (χ0n) is 9.96. The van der Waals surface area contributed by atoms with Gasteiger partial charge in [-0.1, -0.05) is 0 Å². The molecule has 0 fully saturated rings. The van der Waals surface area contributed by atoms with E-state index in [0.717, 1.165) is 25.2 Å². The topological polar surface area (TPSA) is 49.8 Å². The molecular formula is C12H12BrIN4. The van der Waals surface area contributed by atoms with Crippen LogP contribution in [-0.4, -0.2) is 17.0 Å².